The summed E-state index contributed by atoms with van der Waals surface area (Å²) in [6.07, 6.45) is -3.26. The second-order valence-electron chi connectivity index (χ2n) is 6.29. The zero-order chi connectivity index (χ0) is 21.7. The lowest BCUT2D eigenvalue weighted by Gasteiger charge is -2.12. The molecule has 6 nitrogen and oxygen atoms in total. The molecular formula is C21H18F3N3O3. The summed E-state index contributed by atoms with van der Waals surface area (Å²) < 4.78 is 44.6. The maximum absolute atomic E-state index is 12.7. The number of ether oxygens (including phenoxy) is 1. The van der Waals surface area contributed by atoms with Gasteiger partial charge in [-0.3, -0.25) is 14.2 Å². The van der Waals surface area contributed by atoms with Gasteiger partial charge in [0.25, 0.3) is 5.56 Å². The third-order valence-electron chi connectivity index (χ3n) is 4.16. The van der Waals surface area contributed by atoms with Crippen molar-refractivity contribution in [2.24, 2.45) is 0 Å². The second kappa shape index (κ2) is 8.81. The molecule has 0 radical (unpaired) electrons. The van der Waals surface area contributed by atoms with Gasteiger partial charge in [0.2, 0.25) is 5.91 Å². The molecule has 30 heavy (non-hydrogen) atoms. The summed E-state index contributed by atoms with van der Waals surface area (Å²) in [5.74, 6) is 0.0600. The Labute approximate surface area is 170 Å². The number of hydrogen-bond acceptors (Lipinski definition) is 4. The fourth-order valence-corrected chi connectivity index (χ4v) is 2.73. The van der Waals surface area contributed by atoms with Crippen LogP contribution in [-0.4, -0.2) is 22.1 Å². The van der Waals surface area contributed by atoms with E-state index in [0.29, 0.717) is 23.6 Å². The molecule has 0 saturated heterocycles. The van der Waals surface area contributed by atoms with Crippen molar-refractivity contribution in [1.29, 1.82) is 0 Å². The van der Waals surface area contributed by atoms with Crippen molar-refractivity contribution in [1.82, 2.24) is 9.55 Å². The molecule has 0 saturated carbocycles. The summed E-state index contributed by atoms with van der Waals surface area (Å²) in [6, 6.07) is 12.4. The van der Waals surface area contributed by atoms with E-state index in [-0.39, 0.29) is 12.2 Å². The Morgan fingerprint density at radius 1 is 1.13 bits per heavy atom. The highest BCUT2D eigenvalue weighted by atomic mass is 19.4. The molecule has 2 aromatic carbocycles. The molecule has 0 unspecified atom stereocenters. The van der Waals surface area contributed by atoms with E-state index in [2.05, 4.69) is 10.3 Å². The molecule has 0 fully saturated rings. The summed E-state index contributed by atoms with van der Waals surface area (Å²) in [4.78, 5) is 28.7. The van der Waals surface area contributed by atoms with Gasteiger partial charge in [0.1, 0.15) is 12.3 Å². The van der Waals surface area contributed by atoms with Crippen LogP contribution in [0.25, 0.3) is 11.3 Å². The molecule has 1 amide bonds. The first-order valence-corrected chi connectivity index (χ1v) is 9.03. The lowest BCUT2D eigenvalue weighted by Crippen LogP contribution is -2.27. The van der Waals surface area contributed by atoms with Crippen LogP contribution in [-0.2, 0) is 17.5 Å². The predicted molar refractivity (Wildman–Crippen MR) is 105 cm³/mol. The van der Waals surface area contributed by atoms with Crippen LogP contribution in [0.15, 0.2) is 65.7 Å². The molecule has 0 bridgehead atoms. The van der Waals surface area contributed by atoms with Gasteiger partial charge in [-0.1, -0.05) is 24.3 Å². The van der Waals surface area contributed by atoms with Gasteiger partial charge in [0, 0.05) is 11.6 Å². The Bertz CT molecular complexity index is 1090. The molecule has 1 aromatic heterocycles. The van der Waals surface area contributed by atoms with E-state index >= 15 is 0 Å². The zero-order valence-corrected chi connectivity index (χ0v) is 15.9. The zero-order valence-electron chi connectivity index (χ0n) is 15.9. The number of nitrogens with one attached hydrogen (secondary N) is 1. The van der Waals surface area contributed by atoms with Crippen molar-refractivity contribution in [2.75, 3.05) is 11.9 Å². The third-order valence-corrected chi connectivity index (χ3v) is 4.16. The Kier molecular flexibility index (Phi) is 6.20. The van der Waals surface area contributed by atoms with Crippen LogP contribution in [0.5, 0.6) is 5.75 Å². The summed E-state index contributed by atoms with van der Waals surface area (Å²) >= 11 is 0. The van der Waals surface area contributed by atoms with Gasteiger partial charge in [-0.2, -0.15) is 13.2 Å². The smallest absolute Gasteiger partial charge is 0.416 e. The topological polar surface area (TPSA) is 73.2 Å². The highest BCUT2D eigenvalue weighted by Crippen LogP contribution is 2.30. The highest BCUT2D eigenvalue weighted by Gasteiger charge is 2.30. The molecule has 3 aromatic rings. The molecule has 1 N–H and O–H groups in total. The fraction of sp³-hybridized carbons (Fsp3) is 0.190. The third kappa shape index (κ3) is 5.05. The number of amides is 1. The minimum absolute atomic E-state index is 0.215. The summed E-state index contributed by atoms with van der Waals surface area (Å²) in [5.41, 5.74) is -0.238. The molecule has 0 aliphatic carbocycles. The van der Waals surface area contributed by atoms with Gasteiger partial charge in [0.15, 0.2) is 0 Å². The molecule has 9 heteroatoms. The molecule has 1 heterocycles. The summed E-state index contributed by atoms with van der Waals surface area (Å²) in [6.45, 7) is 1.98. The predicted octanol–water partition coefficient (Wildman–Crippen LogP) is 3.97. The average Bonchev–Trinajstić information content (AvgIpc) is 2.70. The van der Waals surface area contributed by atoms with Crippen LogP contribution >= 0.6 is 0 Å². The van der Waals surface area contributed by atoms with Crippen LogP contribution in [0.3, 0.4) is 0 Å². The van der Waals surface area contributed by atoms with Crippen molar-refractivity contribution in [2.45, 2.75) is 19.6 Å². The minimum atomic E-state index is -4.44. The molecule has 0 atom stereocenters. The number of hydrogen-bond donors (Lipinski definition) is 1. The Morgan fingerprint density at radius 2 is 1.83 bits per heavy atom. The maximum atomic E-state index is 12.7. The van der Waals surface area contributed by atoms with E-state index in [9.17, 15) is 22.8 Å². The van der Waals surface area contributed by atoms with Gasteiger partial charge in [-0.05, 0) is 31.2 Å². The monoisotopic (exact) mass is 417 g/mol. The van der Waals surface area contributed by atoms with E-state index in [1.54, 1.807) is 24.3 Å². The standard InChI is InChI=1S/C21H18F3N3O3/c1-2-30-18-6-4-3-5-16(18)26-19(28)12-27-13-25-17(11-20(27)29)14-7-9-15(10-8-14)21(22,23)24/h3-11,13H,2,12H2,1H3,(H,26,28). The number of aromatic nitrogens is 2. The van der Waals surface area contributed by atoms with Gasteiger partial charge in [-0.15, -0.1) is 0 Å². The van der Waals surface area contributed by atoms with Gasteiger partial charge in [-0.25, -0.2) is 4.98 Å². The number of para-hydroxylation sites is 2. The van der Waals surface area contributed by atoms with Gasteiger partial charge < -0.3 is 10.1 Å². The number of carbonyl (C=O) groups is 1. The van der Waals surface area contributed by atoms with Crippen molar-refractivity contribution in [3.05, 3.63) is 76.8 Å². The number of rotatable bonds is 6. The van der Waals surface area contributed by atoms with Crippen molar-refractivity contribution in [3.8, 4) is 17.0 Å². The fourth-order valence-electron chi connectivity index (χ4n) is 2.73. The minimum Gasteiger partial charge on any atom is -0.492 e. The van der Waals surface area contributed by atoms with Gasteiger partial charge >= 0.3 is 6.18 Å². The van der Waals surface area contributed by atoms with E-state index in [1.807, 2.05) is 6.92 Å². The van der Waals surface area contributed by atoms with Crippen molar-refractivity contribution in [3.63, 3.8) is 0 Å². The van der Waals surface area contributed by atoms with Crippen LogP contribution < -0.4 is 15.6 Å². The number of carbonyl (C=O) groups excluding carboxylic acids is 1. The van der Waals surface area contributed by atoms with Crippen LogP contribution in [0.4, 0.5) is 18.9 Å². The van der Waals surface area contributed by atoms with E-state index in [1.165, 1.54) is 24.5 Å². The molecule has 0 spiro atoms. The quantitative estimate of drug-likeness (QED) is 0.659. The Morgan fingerprint density at radius 3 is 2.47 bits per heavy atom. The molecule has 156 valence electrons. The van der Waals surface area contributed by atoms with E-state index in [4.69, 9.17) is 4.74 Å². The molecular weight excluding hydrogens is 399 g/mol. The Balaban J connectivity index is 1.73. The first kappa shape index (κ1) is 21.1. The number of alkyl halides is 3. The highest BCUT2D eigenvalue weighted by molar-refractivity contribution is 5.92. The van der Waals surface area contributed by atoms with Crippen LogP contribution in [0, 0.1) is 0 Å². The van der Waals surface area contributed by atoms with E-state index in [0.717, 1.165) is 16.7 Å². The lowest BCUT2D eigenvalue weighted by molar-refractivity contribution is -0.137. The SMILES string of the molecule is CCOc1ccccc1NC(=O)Cn1cnc(-c2ccc(C(F)(F)F)cc2)cc1=O. The summed E-state index contributed by atoms with van der Waals surface area (Å²) in [7, 11) is 0. The average molecular weight is 417 g/mol. The van der Waals surface area contributed by atoms with Crippen LogP contribution in [0.1, 0.15) is 12.5 Å². The van der Waals surface area contributed by atoms with Crippen LogP contribution in [0.2, 0.25) is 0 Å². The van der Waals surface area contributed by atoms with E-state index < -0.39 is 23.2 Å². The summed E-state index contributed by atoms with van der Waals surface area (Å²) in [5, 5.41) is 2.68. The normalized spacial score (nSPS) is 11.2. The van der Waals surface area contributed by atoms with Crippen molar-refractivity contribution < 1.29 is 22.7 Å². The molecule has 0 aliphatic heterocycles. The van der Waals surface area contributed by atoms with Crippen molar-refractivity contribution >= 4 is 11.6 Å². The number of halogens is 3. The maximum Gasteiger partial charge on any atom is 0.416 e. The molecule has 3 rings (SSSR count). The lowest BCUT2D eigenvalue weighted by atomic mass is 10.1. The number of nitrogens with zero attached hydrogens (tertiary/aromatic N) is 2. The second-order valence-corrected chi connectivity index (χ2v) is 6.29. The first-order valence-electron chi connectivity index (χ1n) is 9.03. The van der Waals surface area contributed by atoms with Gasteiger partial charge in [0.05, 0.1) is 29.9 Å². The Hall–Kier alpha value is -3.62. The first-order chi connectivity index (χ1) is 14.3. The number of benzene rings is 2. The number of anilines is 1. The largest absolute Gasteiger partial charge is 0.492 e. The molecule has 0 aliphatic rings.